The van der Waals surface area contributed by atoms with Crippen LogP contribution in [-0.2, 0) is 11.2 Å². The fourth-order valence-corrected chi connectivity index (χ4v) is 2.77. The largest absolute Gasteiger partial charge is 0.480 e. The Hall–Kier alpha value is -2.73. The van der Waals surface area contributed by atoms with Crippen molar-refractivity contribution in [1.29, 1.82) is 0 Å². The number of imide groups is 1. The second-order valence-electron chi connectivity index (χ2n) is 5.07. The number of hydrogen-bond acceptors (Lipinski definition) is 4. The van der Waals surface area contributed by atoms with Gasteiger partial charge in [-0.15, -0.1) is 0 Å². The first-order valence-corrected chi connectivity index (χ1v) is 7.17. The van der Waals surface area contributed by atoms with Crippen molar-refractivity contribution >= 4 is 29.4 Å². The van der Waals surface area contributed by atoms with Gasteiger partial charge in [-0.2, -0.15) is 0 Å². The van der Waals surface area contributed by atoms with Crippen molar-refractivity contribution in [3.05, 3.63) is 64.4 Å². The molecule has 1 aromatic carbocycles. The van der Waals surface area contributed by atoms with Gasteiger partial charge in [0, 0.05) is 12.6 Å². The third-order valence-electron chi connectivity index (χ3n) is 3.64. The molecule has 1 aromatic heterocycles. The number of aromatic nitrogens is 1. The number of nitrogens with zero attached hydrogens (tertiary/aromatic N) is 2. The summed E-state index contributed by atoms with van der Waals surface area (Å²) >= 11 is 5.79. The molecule has 2 amide bonds. The minimum atomic E-state index is -1.30. The Kier molecular flexibility index (Phi) is 3.83. The highest BCUT2D eigenvalue weighted by Gasteiger charge is 2.42. The van der Waals surface area contributed by atoms with E-state index in [2.05, 4.69) is 4.98 Å². The summed E-state index contributed by atoms with van der Waals surface area (Å²) in [5.41, 5.74) is 1.02. The predicted molar refractivity (Wildman–Crippen MR) is 81.3 cm³/mol. The van der Waals surface area contributed by atoms with E-state index in [-0.39, 0.29) is 22.7 Å². The van der Waals surface area contributed by atoms with Crippen molar-refractivity contribution < 1.29 is 19.5 Å². The summed E-state index contributed by atoms with van der Waals surface area (Å²) in [5.74, 6) is -2.45. The molecule has 0 spiro atoms. The van der Waals surface area contributed by atoms with E-state index in [4.69, 9.17) is 11.6 Å². The van der Waals surface area contributed by atoms with Gasteiger partial charge in [0.05, 0.1) is 11.1 Å². The van der Waals surface area contributed by atoms with Gasteiger partial charge < -0.3 is 5.11 Å². The van der Waals surface area contributed by atoms with Gasteiger partial charge >= 0.3 is 5.97 Å². The average Bonchev–Trinajstić information content (AvgIpc) is 2.77. The number of halogens is 1. The fourth-order valence-electron chi connectivity index (χ4n) is 2.57. The molecule has 0 aliphatic carbocycles. The molecule has 1 N–H and O–H groups in total. The summed E-state index contributed by atoms with van der Waals surface area (Å²) in [7, 11) is 0. The molecule has 6 nitrogen and oxygen atoms in total. The highest BCUT2D eigenvalue weighted by Crippen LogP contribution is 2.26. The summed E-state index contributed by atoms with van der Waals surface area (Å²) in [5, 5.41) is 9.70. The van der Waals surface area contributed by atoms with E-state index < -0.39 is 23.8 Å². The summed E-state index contributed by atoms with van der Waals surface area (Å²) in [6.07, 6.45) is 1.40. The minimum Gasteiger partial charge on any atom is -0.480 e. The number of pyridine rings is 1. The van der Waals surface area contributed by atoms with Gasteiger partial charge in [0.15, 0.2) is 0 Å². The summed E-state index contributed by atoms with van der Waals surface area (Å²) < 4.78 is 0. The van der Waals surface area contributed by atoms with Crippen LogP contribution in [0.5, 0.6) is 0 Å². The van der Waals surface area contributed by atoms with Crippen molar-refractivity contribution in [2.75, 3.05) is 0 Å². The number of carbonyl (C=O) groups is 3. The van der Waals surface area contributed by atoms with Crippen molar-refractivity contribution in [2.24, 2.45) is 0 Å². The normalized spacial score (nSPS) is 14.7. The predicted octanol–water partition coefficient (Wildman–Crippen LogP) is 2.03. The molecular formula is C16H11ClN2O4. The van der Waals surface area contributed by atoms with Crippen molar-refractivity contribution in [3.8, 4) is 0 Å². The SMILES string of the molecule is O=C(O)C(Cc1ccnc(Cl)c1)N1C(=O)c2ccccc2C1=O. The summed E-state index contributed by atoms with van der Waals surface area (Å²) in [6, 6.07) is 8.09. The number of aliphatic carboxylic acids is 1. The maximum absolute atomic E-state index is 12.4. The first-order valence-electron chi connectivity index (χ1n) is 6.79. The zero-order valence-corrected chi connectivity index (χ0v) is 12.5. The van der Waals surface area contributed by atoms with Crippen LogP contribution in [0, 0.1) is 0 Å². The van der Waals surface area contributed by atoms with Crippen LogP contribution in [0.1, 0.15) is 26.3 Å². The Morgan fingerprint density at radius 3 is 2.30 bits per heavy atom. The molecule has 2 heterocycles. The van der Waals surface area contributed by atoms with Gasteiger partial charge in [-0.3, -0.25) is 14.5 Å². The van der Waals surface area contributed by atoms with Gasteiger partial charge in [0.2, 0.25) is 0 Å². The molecule has 1 aliphatic heterocycles. The number of amides is 2. The van der Waals surface area contributed by atoms with Gasteiger partial charge in [0.1, 0.15) is 11.2 Å². The van der Waals surface area contributed by atoms with Crippen LogP contribution in [0.25, 0.3) is 0 Å². The molecule has 116 valence electrons. The molecule has 1 atom stereocenters. The standard InChI is InChI=1S/C16H11ClN2O4/c17-13-8-9(5-6-18-13)7-12(16(22)23)19-14(20)10-3-1-2-4-11(10)15(19)21/h1-6,8,12H,7H2,(H,22,23). The Bertz CT molecular complexity index is 786. The van der Waals surface area contributed by atoms with Crippen LogP contribution in [0.15, 0.2) is 42.6 Å². The maximum Gasteiger partial charge on any atom is 0.327 e. The monoisotopic (exact) mass is 330 g/mol. The lowest BCUT2D eigenvalue weighted by Gasteiger charge is -2.22. The highest BCUT2D eigenvalue weighted by atomic mass is 35.5. The van der Waals surface area contributed by atoms with Crippen LogP contribution in [-0.4, -0.2) is 38.8 Å². The lowest BCUT2D eigenvalue weighted by molar-refractivity contribution is -0.141. The molecule has 0 saturated carbocycles. The quantitative estimate of drug-likeness (QED) is 0.684. The topological polar surface area (TPSA) is 87.6 Å². The van der Waals surface area contributed by atoms with E-state index in [0.29, 0.717) is 5.56 Å². The average molecular weight is 331 g/mol. The lowest BCUT2D eigenvalue weighted by Crippen LogP contribution is -2.46. The van der Waals surface area contributed by atoms with Gasteiger partial charge in [-0.1, -0.05) is 23.7 Å². The number of carbonyl (C=O) groups excluding carboxylic acids is 2. The van der Waals surface area contributed by atoms with E-state index in [1.807, 2.05) is 0 Å². The molecule has 0 radical (unpaired) electrons. The van der Waals surface area contributed by atoms with E-state index in [1.54, 1.807) is 18.2 Å². The van der Waals surface area contributed by atoms with Crippen molar-refractivity contribution in [3.63, 3.8) is 0 Å². The molecule has 1 aliphatic rings. The number of fused-ring (bicyclic) bond motifs is 1. The first kappa shape index (κ1) is 15.2. The number of benzene rings is 1. The summed E-state index contributed by atoms with van der Waals surface area (Å²) in [4.78, 5) is 41.1. The van der Waals surface area contributed by atoms with Crippen LogP contribution >= 0.6 is 11.6 Å². The lowest BCUT2D eigenvalue weighted by atomic mass is 10.1. The molecule has 1 unspecified atom stereocenters. The van der Waals surface area contributed by atoms with E-state index >= 15 is 0 Å². The smallest absolute Gasteiger partial charge is 0.327 e. The zero-order valence-electron chi connectivity index (χ0n) is 11.8. The highest BCUT2D eigenvalue weighted by molar-refractivity contribution is 6.29. The molecule has 0 saturated heterocycles. The van der Waals surface area contributed by atoms with Crippen molar-refractivity contribution in [1.82, 2.24) is 9.88 Å². The Labute approximate surface area is 136 Å². The first-order chi connectivity index (χ1) is 11.0. The van der Waals surface area contributed by atoms with E-state index in [1.165, 1.54) is 24.4 Å². The van der Waals surface area contributed by atoms with Crippen molar-refractivity contribution in [2.45, 2.75) is 12.5 Å². The summed E-state index contributed by atoms with van der Waals surface area (Å²) in [6.45, 7) is 0. The minimum absolute atomic E-state index is 0.0386. The molecular weight excluding hydrogens is 320 g/mol. The second kappa shape index (κ2) is 5.81. The number of rotatable bonds is 4. The van der Waals surface area contributed by atoms with Gasteiger partial charge in [0.25, 0.3) is 11.8 Å². The molecule has 2 aromatic rings. The Balaban J connectivity index is 1.95. The molecule has 0 fully saturated rings. The van der Waals surface area contributed by atoms with Crippen LogP contribution in [0.3, 0.4) is 0 Å². The zero-order chi connectivity index (χ0) is 16.6. The third kappa shape index (κ3) is 2.68. The number of carboxylic acid groups (broad SMARTS) is 1. The molecule has 3 rings (SSSR count). The fraction of sp³-hybridized carbons (Fsp3) is 0.125. The van der Waals surface area contributed by atoms with E-state index in [0.717, 1.165) is 4.90 Å². The molecule has 0 bridgehead atoms. The number of hydrogen-bond donors (Lipinski definition) is 1. The van der Waals surface area contributed by atoms with Gasteiger partial charge in [-0.25, -0.2) is 9.78 Å². The molecule has 23 heavy (non-hydrogen) atoms. The maximum atomic E-state index is 12.4. The van der Waals surface area contributed by atoms with Crippen LogP contribution < -0.4 is 0 Å². The Morgan fingerprint density at radius 2 is 1.78 bits per heavy atom. The number of carboxylic acids is 1. The van der Waals surface area contributed by atoms with Gasteiger partial charge in [-0.05, 0) is 29.8 Å². The Morgan fingerprint density at radius 1 is 1.17 bits per heavy atom. The van der Waals surface area contributed by atoms with E-state index in [9.17, 15) is 19.5 Å². The van der Waals surface area contributed by atoms with Crippen LogP contribution in [0.2, 0.25) is 5.15 Å². The molecule has 7 heteroatoms. The third-order valence-corrected chi connectivity index (χ3v) is 3.85. The second-order valence-corrected chi connectivity index (χ2v) is 5.46. The van der Waals surface area contributed by atoms with Crippen LogP contribution in [0.4, 0.5) is 0 Å².